The number of benzene rings is 1. The second-order valence-corrected chi connectivity index (χ2v) is 11.3. The van der Waals surface area contributed by atoms with Crippen LogP contribution in [-0.4, -0.2) is 11.0 Å². The highest BCUT2D eigenvalue weighted by atomic mass is 79.9. The number of amides is 1. The highest BCUT2D eigenvalue weighted by Gasteiger charge is 2.37. The fraction of sp³-hybridized carbons (Fsp3) is 0.450. The summed E-state index contributed by atoms with van der Waals surface area (Å²) >= 11 is 8.51. The number of halogens is 2. The number of hydrogen-bond donors (Lipinski definition) is 3. The molecule has 144 valence electrons. The normalized spacial score (nSPS) is 21.9. The number of thiophene rings is 1. The molecule has 1 aliphatic carbocycles. The second kappa shape index (κ2) is 6.78. The molecule has 3 N–H and O–H groups in total. The van der Waals surface area contributed by atoms with Gasteiger partial charge in [-0.05, 0) is 64.2 Å². The molecular weight excluding hydrogens is 492 g/mol. The van der Waals surface area contributed by atoms with Gasteiger partial charge in [0.25, 0.3) is 5.91 Å². The van der Waals surface area contributed by atoms with Gasteiger partial charge in [0.15, 0.2) is 0 Å². The van der Waals surface area contributed by atoms with Gasteiger partial charge in [0.1, 0.15) is 16.9 Å². The number of rotatable bonds is 1. The molecule has 0 bridgehead atoms. The van der Waals surface area contributed by atoms with E-state index in [4.69, 9.17) is 0 Å². The predicted octanol–water partition coefficient (Wildman–Crippen LogP) is 5.98. The van der Waals surface area contributed by atoms with Gasteiger partial charge in [-0.25, -0.2) is 0 Å². The topological polar surface area (TPSA) is 61.4 Å². The monoisotopic (exact) mass is 512 g/mol. The van der Waals surface area contributed by atoms with Crippen molar-refractivity contribution < 1.29 is 9.90 Å². The lowest BCUT2D eigenvalue weighted by Crippen LogP contribution is -2.38. The number of phenolic OH excluding ortho intramolecular Hbond substituents is 1. The van der Waals surface area contributed by atoms with E-state index in [1.807, 2.05) is 6.07 Å². The zero-order valence-electron chi connectivity index (χ0n) is 15.5. The van der Waals surface area contributed by atoms with Gasteiger partial charge in [-0.2, -0.15) is 0 Å². The van der Waals surface area contributed by atoms with Gasteiger partial charge >= 0.3 is 0 Å². The summed E-state index contributed by atoms with van der Waals surface area (Å²) in [5.41, 5.74) is 2.91. The molecule has 1 aromatic carbocycles. The minimum Gasteiger partial charge on any atom is -0.506 e. The maximum Gasteiger partial charge on any atom is 0.256 e. The maximum absolute atomic E-state index is 12.9. The van der Waals surface area contributed by atoms with Crippen molar-refractivity contribution >= 4 is 54.1 Å². The summed E-state index contributed by atoms with van der Waals surface area (Å²) in [7, 11) is 0. The molecular formula is C20H22Br2N2O2S. The number of nitrogens with one attached hydrogen (secondary N) is 2. The Morgan fingerprint density at radius 2 is 1.96 bits per heavy atom. The van der Waals surface area contributed by atoms with E-state index in [0.29, 0.717) is 16.0 Å². The molecule has 2 heterocycles. The molecule has 0 fully saturated rings. The average molecular weight is 514 g/mol. The molecule has 7 heteroatoms. The summed E-state index contributed by atoms with van der Waals surface area (Å²) in [6, 6.07) is 3.61. The van der Waals surface area contributed by atoms with Crippen LogP contribution in [0.3, 0.4) is 0 Å². The fourth-order valence-electron chi connectivity index (χ4n) is 4.00. The number of hydrogen-bond acceptors (Lipinski definition) is 4. The maximum atomic E-state index is 12.9. The number of carbonyl (C=O) groups excluding carboxylic acids is 1. The van der Waals surface area contributed by atoms with E-state index in [0.717, 1.165) is 34.3 Å². The molecule has 1 aliphatic heterocycles. The lowest BCUT2D eigenvalue weighted by Gasteiger charge is -2.34. The summed E-state index contributed by atoms with van der Waals surface area (Å²) < 4.78 is 1.43. The summed E-state index contributed by atoms with van der Waals surface area (Å²) in [6.07, 6.45) is 2.65. The Labute approximate surface area is 180 Å². The summed E-state index contributed by atoms with van der Waals surface area (Å²) in [5.74, 6) is 0.707. The number of anilines is 1. The highest BCUT2D eigenvalue weighted by molar-refractivity contribution is 9.11. The van der Waals surface area contributed by atoms with Crippen molar-refractivity contribution in [1.82, 2.24) is 5.32 Å². The van der Waals surface area contributed by atoms with Gasteiger partial charge in [0.2, 0.25) is 0 Å². The summed E-state index contributed by atoms with van der Waals surface area (Å²) in [4.78, 5) is 14.2. The zero-order valence-corrected chi connectivity index (χ0v) is 19.4. The molecule has 1 amide bonds. The van der Waals surface area contributed by atoms with Crippen LogP contribution < -0.4 is 10.6 Å². The van der Waals surface area contributed by atoms with Gasteiger partial charge in [-0.15, -0.1) is 11.3 Å². The van der Waals surface area contributed by atoms with Crippen LogP contribution in [-0.2, 0) is 12.8 Å². The van der Waals surface area contributed by atoms with E-state index in [2.05, 4.69) is 63.3 Å². The first-order valence-corrected chi connectivity index (χ1v) is 11.4. The quantitative estimate of drug-likeness (QED) is 0.439. The van der Waals surface area contributed by atoms with Gasteiger partial charge in [0, 0.05) is 14.9 Å². The zero-order chi connectivity index (χ0) is 19.5. The number of phenols is 1. The van der Waals surface area contributed by atoms with E-state index in [9.17, 15) is 9.90 Å². The Balaban J connectivity index is 1.69. The molecule has 2 aromatic rings. The number of aromatic hydroxyl groups is 1. The van der Waals surface area contributed by atoms with Crippen molar-refractivity contribution in [2.24, 2.45) is 11.3 Å². The van der Waals surface area contributed by atoms with Crippen LogP contribution in [0, 0.1) is 11.3 Å². The van der Waals surface area contributed by atoms with E-state index in [1.54, 1.807) is 17.4 Å². The standard InChI is InChI=1S/C20H22Br2N2O2S/c1-20(2,3)9-4-5-11-14(6-9)27-19-15(11)18(26)23-17(24-19)12-7-10(21)8-13(22)16(12)25/h7-9,17,24-25H,4-6H2,1-3H3,(H,23,26)/t9-,17-/m0/s1. The molecule has 4 rings (SSSR count). The third-order valence-corrected chi connectivity index (χ3v) is 7.88. The van der Waals surface area contributed by atoms with Crippen LogP contribution in [0.15, 0.2) is 21.1 Å². The molecule has 1 aromatic heterocycles. The predicted molar refractivity (Wildman–Crippen MR) is 117 cm³/mol. The van der Waals surface area contributed by atoms with Crippen LogP contribution >= 0.6 is 43.2 Å². The molecule has 4 nitrogen and oxygen atoms in total. The Morgan fingerprint density at radius 1 is 1.22 bits per heavy atom. The van der Waals surface area contributed by atoms with E-state index in [-0.39, 0.29) is 17.1 Å². The van der Waals surface area contributed by atoms with Crippen molar-refractivity contribution in [1.29, 1.82) is 0 Å². The van der Waals surface area contributed by atoms with Gasteiger partial charge in [0.05, 0.1) is 10.0 Å². The minimum absolute atomic E-state index is 0.0593. The third-order valence-electron chi connectivity index (χ3n) is 5.64. The molecule has 0 saturated heterocycles. The van der Waals surface area contributed by atoms with E-state index < -0.39 is 6.17 Å². The average Bonchev–Trinajstić information content (AvgIpc) is 2.95. The second-order valence-electron chi connectivity index (χ2n) is 8.39. The lowest BCUT2D eigenvalue weighted by molar-refractivity contribution is 0.0934. The van der Waals surface area contributed by atoms with Crippen LogP contribution in [0.2, 0.25) is 0 Å². The molecule has 2 aliphatic rings. The Hall–Kier alpha value is -1.05. The van der Waals surface area contributed by atoms with Crippen LogP contribution in [0.5, 0.6) is 5.75 Å². The first-order valence-electron chi connectivity index (χ1n) is 9.05. The summed E-state index contributed by atoms with van der Waals surface area (Å²) in [6.45, 7) is 6.89. The smallest absolute Gasteiger partial charge is 0.256 e. The Bertz CT molecular complexity index is 933. The van der Waals surface area contributed by atoms with E-state index in [1.165, 1.54) is 10.4 Å². The molecule has 0 unspecified atom stereocenters. The number of carbonyl (C=O) groups is 1. The van der Waals surface area contributed by atoms with Crippen molar-refractivity contribution in [2.75, 3.05) is 5.32 Å². The van der Waals surface area contributed by atoms with E-state index >= 15 is 0 Å². The highest BCUT2D eigenvalue weighted by Crippen LogP contribution is 2.47. The van der Waals surface area contributed by atoms with Gasteiger partial charge < -0.3 is 15.7 Å². The molecule has 2 atom stereocenters. The minimum atomic E-state index is -0.461. The van der Waals surface area contributed by atoms with Crippen molar-refractivity contribution in [3.63, 3.8) is 0 Å². The first kappa shape index (κ1) is 19.3. The summed E-state index contributed by atoms with van der Waals surface area (Å²) in [5, 5.41) is 17.8. The van der Waals surface area contributed by atoms with Crippen LogP contribution in [0.1, 0.15) is 59.7 Å². The van der Waals surface area contributed by atoms with Crippen LogP contribution in [0.4, 0.5) is 5.00 Å². The van der Waals surface area contributed by atoms with Crippen LogP contribution in [0.25, 0.3) is 0 Å². The molecule has 0 radical (unpaired) electrons. The molecule has 27 heavy (non-hydrogen) atoms. The third kappa shape index (κ3) is 3.42. The van der Waals surface area contributed by atoms with Crippen molar-refractivity contribution in [3.8, 4) is 5.75 Å². The Morgan fingerprint density at radius 3 is 2.67 bits per heavy atom. The van der Waals surface area contributed by atoms with Gasteiger partial charge in [-0.3, -0.25) is 4.79 Å². The van der Waals surface area contributed by atoms with Gasteiger partial charge in [-0.1, -0.05) is 36.7 Å². The number of fused-ring (bicyclic) bond motifs is 3. The van der Waals surface area contributed by atoms with Crippen molar-refractivity contribution in [2.45, 2.75) is 46.2 Å². The van der Waals surface area contributed by atoms with Crippen molar-refractivity contribution in [3.05, 3.63) is 42.6 Å². The first-order chi connectivity index (χ1) is 12.6. The molecule has 0 saturated carbocycles. The largest absolute Gasteiger partial charge is 0.506 e. The molecule has 0 spiro atoms. The fourth-order valence-corrected chi connectivity index (χ4v) is 6.61. The SMILES string of the molecule is CC(C)(C)[C@H]1CCc2c(sc3c2C(=O)N[C@H](c2cc(Br)cc(Br)c2O)N3)C1. The Kier molecular flexibility index (Phi) is 4.84. The lowest BCUT2D eigenvalue weighted by atomic mass is 9.72.